The van der Waals surface area contributed by atoms with Gasteiger partial charge < -0.3 is 20.1 Å². The van der Waals surface area contributed by atoms with Crippen molar-refractivity contribution in [2.24, 2.45) is 5.73 Å². The number of hydrogen-bond acceptors (Lipinski definition) is 4. The predicted molar refractivity (Wildman–Crippen MR) is 85.7 cm³/mol. The molecule has 0 aromatic heterocycles. The van der Waals surface area contributed by atoms with Crippen molar-refractivity contribution >= 4 is 27.5 Å². The van der Waals surface area contributed by atoms with Gasteiger partial charge in [0.05, 0.1) is 18.9 Å². The van der Waals surface area contributed by atoms with Gasteiger partial charge in [-0.15, -0.1) is 0 Å². The van der Waals surface area contributed by atoms with Crippen LogP contribution in [0.3, 0.4) is 0 Å². The number of amidine groups is 1. The number of nitrogens with two attached hydrogens (primary N) is 1. The minimum atomic E-state index is 0.0608. The zero-order valence-corrected chi connectivity index (χ0v) is 13.7. The van der Waals surface area contributed by atoms with Crippen LogP contribution in [0, 0.1) is 5.41 Å². The van der Waals surface area contributed by atoms with E-state index in [1.807, 2.05) is 18.2 Å². The maximum absolute atomic E-state index is 7.47. The summed E-state index contributed by atoms with van der Waals surface area (Å²) in [6.07, 6.45) is 0. The number of ether oxygens (including phenoxy) is 2. The fourth-order valence-corrected chi connectivity index (χ4v) is 2.61. The highest BCUT2D eigenvalue weighted by Crippen LogP contribution is 2.28. The fourth-order valence-electron chi connectivity index (χ4n) is 2.01. The van der Waals surface area contributed by atoms with E-state index in [1.165, 1.54) is 0 Å². The van der Waals surface area contributed by atoms with Gasteiger partial charge in [-0.05, 0) is 41.1 Å². The van der Waals surface area contributed by atoms with Crippen molar-refractivity contribution < 1.29 is 9.47 Å². The van der Waals surface area contributed by atoms with Gasteiger partial charge in [-0.2, -0.15) is 0 Å². The molecule has 0 fully saturated rings. The fraction of sp³-hybridized carbons (Fsp3) is 0.500. The lowest BCUT2D eigenvalue weighted by atomic mass is 10.1. The number of nitrogen functional groups attached to an aromatic ring is 1. The summed E-state index contributed by atoms with van der Waals surface area (Å²) in [6.45, 7) is 4.13. The molecular weight excluding hydrogens is 322 g/mol. The van der Waals surface area contributed by atoms with Crippen LogP contribution in [-0.2, 0) is 9.47 Å². The van der Waals surface area contributed by atoms with Crippen molar-refractivity contribution in [3.05, 3.63) is 28.2 Å². The van der Waals surface area contributed by atoms with Crippen molar-refractivity contribution in [1.82, 2.24) is 0 Å². The first-order valence-electron chi connectivity index (χ1n) is 6.39. The molecule has 0 saturated heterocycles. The van der Waals surface area contributed by atoms with Crippen LogP contribution in [-0.4, -0.2) is 45.9 Å². The predicted octanol–water partition coefficient (Wildman–Crippen LogP) is 2.22. The second-order valence-corrected chi connectivity index (χ2v) is 5.42. The smallest absolute Gasteiger partial charge is 0.122 e. The van der Waals surface area contributed by atoms with Crippen molar-refractivity contribution in [2.75, 3.05) is 38.9 Å². The van der Waals surface area contributed by atoms with E-state index in [1.54, 1.807) is 14.2 Å². The van der Waals surface area contributed by atoms with Crippen LogP contribution in [0.4, 0.5) is 5.69 Å². The molecule has 1 aromatic carbocycles. The van der Waals surface area contributed by atoms with Crippen LogP contribution >= 0.6 is 15.9 Å². The Balaban J connectivity index is 3.03. The molecule has 1 unspecified atom stereocenters. The Morgan fingerprint density at radius 2 is 2.10 bits per heavy atom. The van der Waals surface area contributed by atoms with E-state index in [4.69, 9.17) is 20.6 Å². The molecule has 0 aliphatic heterocycles. The van der Waals surface area contributed by atoms with Gasteiger partial charge in [-0.3, -0.25) is 5.41 Å². The minimum absolute atomic E-state index is 0.0608. The van der Waals surface area contributed by atoms with E-state index in [0.717, 1.165) is 16.7 Å². The van der Waals surface area contributed by atoms with Gasteiger partial charge in [-0.1, -0.05) is 0 Å². The van der Waals surface area contributed by atoms with Crippen LogP contribution in [0.1, 0.15) is 12.5 Å². The largest absolute Gasteiger partial charge is 0.384 e. The van der Waals surface area contributed by atoms with Crippen molar-refractivity contribution in [2.45, 2.75) is 13.0 Å². The maximum atomic E-state index is 7.47. The van der Waals surface area contributed by atoms with Crippen LogP contribution in [0.5, 0.6) is 0 Å². The molecule has 0 aliphatic rings. The molecule has 6 heteroatoms. The molecule has 0 spiro atoms. The Hall–Kier alpha value is -1.11. The molecule has 1 aromatic rings. The standard InChI is InChI=1S/C14H22BrN3O2/c1-10(9-20-3)18(6-7-19-2)13-5-4-11(14(16)17)8-12(13)15/h4-5,8,10H,6-7,9H2,1-3H3,(H3,16,17). The van der Waals surface area contributed by atoms with E-state index in [2.05, 4.69) is 27.8 Å². The molecule has 0 amide bonds. The molecule has 5 nitrogen and oxygen atoms in total. The maximum Gasteiger partial charge on any atom is 0.122 e. The third-order valence-corrected chi connectivity index (χ3v) is 3.68. The highest BCUT2D eigenvalue weighted by Gasteiger charge is 2.17. The summed E-state index contributed by atoms with van der Waals surface area (Å²) >= 11 is 3.55. The second-order valence-electron chi connectivity index (χ2n) is 4.57. The Bertz CT molecular complexity index is 454. The molecule has 112 valence electrons. The van der Waals surface area contributed by atoms with Crippen molar-refractivity contribution in [3.63, 3.8) is 0 Å². The van der Waals surface area contributed by atoms with Gasteiger partial charge in [0.2, 0.25) is 0 Å². The molecular formula is C14H22BrN3O2. The number of methoxy groups -OCH3 is 2. The molecule has 0 aliphatic carbocycles. The number of nitrogens with zero attached hydrogens (tertiary/aromatic N) is 1. The second kappa shape index (κ2) is 8.24. The lowest BCUT2D eigenvalue weighted by Gasteiger charge is -2.31. The zero-order chi connectivity index (χ0) is 15.1. The quantitative estimate of drug-likeness (QED) is 0.560. The first-order valence-corrected chi connectivity index (χ1v) is 7.19. The summed E-state index contributed by atoms with van der Waals surface area (Å²) in [5.41, 5.74) is 7.24. The normalized spacial score (nSPS) is 12.2. The summed E-state index contributed by atoms with van der Waals surface area (Å²) in [6, 6.07) is 5.89. The molecule has 1 rings (SSSR count). The lowest BCUT2D eigenvalue weighted by Crippen LogP contribution is -2.39. The van der Waals surface area contributed by atoms with Crippen molar-refractivity contribution in [1.29, 1.82) is 5.41 Å². The third kappa shape index (κ3) is 4.47. The minimum Gasteiger partial charge on any atom is -0.384 e. The first-order chi connectivity index (χ1) is 9.51. The number of nitrogens with one attached hydrogen (secondary N) is 1. The molecule has 3 N–H and O–H groups in total. The molecule has 0 saturated carbocycles. The average molecular weight is 344 g/mol. The molecule has 20 heavy (non-hydrogen) atoms. The van der Waals surface area contributed by atoms with Crippen LogP contribution in [0.2, 0.25) is 0 Å². The van der Waals surface area contributed by atoms with Crippen LogP contribution < -0.4 is 10.6 Å². The topological polar surface area (TPSA) is 71.6 Å². The van der Waals surface area contributed by atoms with Crippen LogP contribution in [0.25, 0.3) is 0 Å². The molecule has 0 heterocycles. The molecule has 0 radical (unpaired) electrons. The number of hydrogen-bond donors (Lipinski definition) is 2. The van der Waals surface area contributed by atoms with Gasteiger partial charge >= 0.3 is 0 Å². The average Bonchev–Trinajstić information content (AvgIpc) is 2.40. The van der Waals surface area contributed by atoms with Gasteiger partial charge in [-0.25, -0.2) is 0 Å². The number of halogens is 1. The molecule has 0 bridgehead atoms. The van der Waals surface area contributed by atoms with E-state index in [9.17, 15) is 0 Å². The SMILES string of the molecule is COCCN(c1ccc(C(=N)N)cc1Br)C(C)COC. The summed E-state index contributed by atoms with van der Waals surface area (Å²) in [5.74, 6) is 0.0608. The lowest BCUT2D eigenvalue weighted by molar-refractivity contribution is 0.171. The summed E-state index contributed by atoms with van der Waals surface area (Å²) in [7, 11) is 3.38. The highest BCUT2D eigenvalue weighted by atomic mass is 79.9. The number of benzene rings is 1. The third-order valence-electron chi connectivity index (χ3n) is 3.04. The van der Waals surface area contributed by atoms with Crippen LogP contribution in [0.15, 0.2) is 22.7 Å². The Morgan fingerprint density at radius 3 is 2.60 bits per heavy atom. The van der Waals surface area contributed by atoms with Crippen molar-refractivity contribution in [3.8, 4) is 0 Å². The van der Waals surface area contributed by atoms with E-state index in [0.29, 0.717) is 18.8 Å². The zero-order valence-electron chi connectivity index (χ0n) is 12.1. The molecule has 1 atom stereocenters. The van der Waals surface area contributed by atoms with Gasteiger partial charge in [0.25, 0.3) is 0 Å². The van der Waals surface area contributed by atoms with E-state index in [-0.39, 0.29) is 11.9 Å². The summed E-state index contributed by atoms with van der Waals surface area (Å²) in [5, 5.41) is 7.47. The van der Waals surface area contributed by atoms with Gasteiger partial charge in [0.1, 0.15) is 5.84 Å². The summed E-state index contributed by atoms with van der Waals surface area (Å²) < 4.78 is 11.3. The summed E-state index contributed by atoms with van der Waals surface area (Å²) in [4.78, 5) is 2.21. The monoisotopic (exact) mass is 343 g/mol. The number of anilines is 1. The van der Waals surface area contributed by atoms with Gasteiger partial charge in [0, 0.05) is 36.8 Å². The van der Waals surface area contributed by atoms with Gasteiger partial charge in [0.15, 0.2) is 0 Å². The highest BCUT2D eigenvalue weighted by molar-refractivity contribution is 9.10. The number of rotatable bonds is 8. The first kappa shape index (κ1) is 16.9. The Kier molecular flexibility index (Phi) is 6.98. The van der Waals surface area contributed by atoms with E-state index >= 15 is 0 Å². The van der Waals surface area contributed by atoms with E-state index < -0.39 is 0 Å². The Labute approximate surface area is 128 Å². The Morgan fingerprint density at radius 1 is 1.40 bits per heavy atom.